The summed E-state index contributed by atoms with van der Waals surface area (Å²) in [4.78, 5) is 0. The number of hydrogen-bond acceptors (Lipinski definition) is 1. The molecule has 0 fully saturated rings. The summed E-state index contributed by atoms with van der Waals surface area (Å²) >= 11 is 3.44. The molecule has 1 aromatic carbocycles. The first kappa shape index (κ1) is 11.7. The van der Waals surface area contributed by atoms with E-state index in [4.69, 9.17) is 0 Å². The minimum atomic E-state index is 0.652. The van der Waals surface area contributed by atoms with E-state index in [-0.39, 0.29) is 0 Å². The number of nitrogens with one attached hydrogen (secondary N) is 1. The molecule has 1 atom stereocenters. The average Bonchev–Trinajstić information content (AvgIpc) is 2.22. The highest BCUT2D eigenvalue weighted by Gasteiger charge is 2.02. The van der Waals surface area contributed by atoms with Crippen LogP contribution in [0.1, 0.15) is 25.3 Å². The van der Waals surface area contributed by atoms with Gasteiger partial charge >= 0.3 is 0 Å². The van der Waals surface area contributed by atoms with Gasteiger partial charge in [-0.15, -0.1) is 0 Å². The standard InChI is InChI=1S/C12H18BrN/c1-3-12(14-2)9-6-10-4-7-11(13)8-5-10/h4-5,7-8,12,14H,3,6,9H2,1-2H3. The maximum Gasteiger partial charge on any atom is 0.0175 e. The number of halogens is 1. The molecule has 1 unspecified atom stereocenters. The van der Waals surface area contributed by atoms with Crippen LogP contribution in [0.25, 0.3) is 0 Å². The Morgan fingerprint density at radius 2 is 1.93 bits per heavy atom. The van der Waals surface area contributed by atoms with Crippen molar-refractivity contribution in [3.05, 3.63) is 34.3 Å². The zero-order valence-electron chi connectivity index (χ0n) is 8.89. The summed E-state index contributed by atoms with van der Waals surface area (Å²) in [5.74, 6) is 0. The van der Waals surface area contributed by atoms with E-state index in [0.29, 0.717) is 6.04 Å². The van der Waals surface area contributed by atoms with Crippen LogP contribution >= 0.6 is 15.9 Å². The highest BCUT2D eigenvalue weighted by atomic mass is 79.9. The van der Waals surface area contributed by atoms with E-state index >= 15 is 0 Å². The van der Waals surface area contributed by atoms with Gasteiger partial charge in [0.25, 0.3) is 0 Å². The van der Waals surface area contributed by atoms with Crippen molar-refractivity contribution in [2.24, 2.45) is 0 Å². The van der Waals surface area contributed by atoms with E-state index in [1.807, 2.05) is 7.05 Å². The normalized spacial score (nSPS) is 12.8. The number of aryl methyl sites for hydroxylation is 1. The molecule has 0 aromatic heterocycles. The summed E-state index contributed by atoms with van der Waals surface area (Å²) in [7, 11) is 2.04. The molecule has 0 saturated heterocycles. The lowest BCUT2D eigenvalue weighted by atomic mass is 10.0. The van der Waals surface area contributed by atoms with E-state index in [2.05, 4.69) is 52.4 Å². The van der Waals surface area contributed by atoms with E-state index in [0.717, 1.165) is 10.9 Å². The van der Waals surface area contributed by atoms with Gasteiger partial charge in [0.15, 0.2) is 0 Å². The van der Waals surface area contributed by atoms with Gasteiger partial charge in [0.05, 0.1) is 0 Å². The molecular formula is C12H18BrN. The molecule has 0 radical (unpaired) electrons. The largest absolute Gasteiger partial charge is 0.317 e. The fourth-order valence-electron chi connectivity index (χ4n) is 1.54. The molecule has 0 amide bonds. The van der Waals surface area contributed by atoms with Crippen molar-refractivity contribution >= 4 is 15.9 Å². The van der Waals surface area contributed by atoms with Crippen LogP contribution in [-0.2, 0) is 6.42 Å². The van der Waals surface area contributed by atoms with Crippen LogP contribution in [0.5, 0.6) is 0 Å². The first-order chi connectivity index (χ1) is 6.76. The molecule has 1 nitrogen and oxygen atoms in total. The second kappa shape index (κ2) is 6.20. The first-order valence-electron chi connectivity index (χ1n) is 5.18. The number of rotatable bonds is 5. The maximum absolute atomic E-state index is 3.44. The van der Waals surface area contributed by atoms with Crippen LogP contribution in [0.3, 0.4) is 0 Å². The SMILES string of the molecule is CCC(CCc1ccc(Br)cc1)NC. The molecule has 0 aliphatic heterocycles. The second-order valence-corrected chi connectivity index (χ2v) is 4.47. The lowest BCUT2D eigenvalue weighted by Gasteiger charge is -2.13. The van der Waals surface area contributed by atoms with Gasteiger partial charge in [-0.25, -0.2) is 0 Å². The van der Waals surface area contributed by atoms with Crippen LogP contribution < -0.4 is 5.32 Å². The highest BCUT2D eigenvalue weighted by Crippen LogP contribution is 2.12. The molecule has 1 rings (SSSR count). The van der Waals surface area contributed by atoms with Crippen molar-refractivity contribution in [1.82, 2.24) is 5.32 Å². The Hall–Kier alpha value is -0.340. The summed E-state index contributed by atoms with van der Waals surface area (Å²) in [6.07, 6.45) is 3.58. The minimum absolute atomic E-state index is 0.652. The lowest BCUT2D eigenvalue weighted by molar-refractivity contribution is 0.509. The topological polar surface area (TPSA) is 12.0 Å². The molecule has 0 saturated carbocycles. The van der Waals surface area contributed by atoms with Crippen LogP contribution in [0.15, 0.2) is 28.7 Å². The van der Waals surface area contributed by atoms with E-state index in [9.17, 15) is 0 Å². The zero-order chi connectivity index (χ0) is 10.4. The van der Waals surface area contributed by atoms with Crippen LogP contribution in [0.2, 0.25) is 0 Å². The van der Waals surface area contributed by atoms with Crippen LogP contribution in [0.4, 0.5) is 0 Å². The van der Waals surface area contributed by atoms with Gasteiger partial charge in [-0.3, -0.25) is 0 Å². The second-order valence-electron chi connectivity index (χ2n) is 3.56. The maximum atomic E-state index is 3.44. The van der Waals surface area contributed by atoms with Gasteiger partial charge in [-0.05, 0) is 44.0 Å². The van der Waals surface area contributed by atoms with E-state index in [1.54, 1.807) is 0 Å². The summed E-state index contributed by atoms with van der Waals surface area (Å²) in [6.45, 7) is 2.22. The predicted molar refractivity (Wildman–Crippen MR) is 65.6 cm³/mol. The fourth-order valence-corrected chi connectivity index (χ4v) is 1.81. The third kappa shape index (κ3) is 3.81. The summed E-state index contributed by atoms with van der Waals surface area (Å²) < 4.78 is 1.15. The minimum Gasteiger partial charge on any atom is -0.317 e. The van der Waals surface area contributed by atoms with Crippen molar-refractivity contribution in [3.63, 3.8) is 0 Å². The van der Waals surface area contributed by atoms with Crippen molar-refractivity contribution in [3.8, 4) is 0 Å². The molecule has 0 aliphatic rings. The van der Waals surface area contributed by atoms with Gasteiger partial charge in [-0.1, -0.05) is 35.0 Å². The Morgan fingerprint density at radius 3 is 2.43 bits per heavy atom. The Bertz CT molecular complexity index is 252. The fraction of sp³-hybridized carbons (Fsp3) is 0.500. The molecule has 78 valence electrons. The van der Waals surface area contributed by atoms with Gasteiger partial charge in [-0.2, -0.15) is 0 Å². The van der Waals surface area contributed by atoms with Crippen molar-refractivity contribution in [2.45, 2.75) is 32.2 Å². The molecule has 14 heavy (non-hydrogen) atoms. The van der Waals surface area contributed by atoms with Crippen LogP contribution in [-0.4, -0.2) is 13.1 Å². The van der Waals surface area contributed by atoms with Gasteiger partial charge in [0, 0.05) is 10.5 Å². The molecule has 0 bridgehead atoms. The molecule has 0 spiro atoms. The molecule has 2 heteroatoms. The van der Waals surface area contributed by atoms with Crippen LogP contribution in [0, 0.1) is 0 Å². The summed E-state index contributed by atoms with van der Waals surface area (Å²) in [6, 6.07) is 9.24. The average molecular weight is 256 g/mol. The molecule has 0 aliphatic carbocycles. The quantitative estimate of drug-likeness (QED) is 0.851. The third-order valence-electron chi connectivity index (χ3n) is 2.60. The smallest absolute Gasteiger partial charge is 0.0175 e. The summed E-state index contributed by atoms with van der Waals surface area (Å²) in [5.41, 5.74) is 1.42. The molecule has 1 N–H and O–H groups in total. The number of hydrogen-bond donors (Lipinski definition) is 1. The lowest BCUT2D eigenvalue weighted by Crippen LogP contribution is -2.24. The Labute approximate surface area is 95.0 Å². The zero-order valence-corrected chi connectivity index (χ0v) is 10.5. The highest BCUT2D eigenvalue weighted by molar-refractivity contribution is 9.10. The molecule has 0 heterocycles. The predicted octanol–water partition coefficient (Wildman–Crippen LogP) is 3.38. The molecular weight excluding hydrogens is 238 g/mol. The Morgan fingerprint density at radius 1 is 1.29 bits per heavy atom. The van der Waals surface area contributed by atoms with E-state index < -0.39 is 0 Å². The van der Waals surface area contributed by atoms with E-state index in [1.165, 1.54) is 18.4 Å². The Balaban J connectivity index is 2.41. The number of benzene rings is 1. The van der Waals surface area contributed by atoms with Gasteiger partial charge < -0.3 is 5.32 Å². The first-order valence-corrected chi connectivity index (χ1v) is 5.97. The van der Waals surface area contributed by atoms with Crippen molar-refractivity contribution < 1.29 is 0 Å². The van der Waals surface area contributed by atoms with Crippen molar-refractivity contribution in [1.29, 1.82) is 0 Å². The van der Waals surface area contributed by atoms with Crippen molar-refractivity contribution in [2.75, 3.05) is 7.05 Å². The monoisotopic (exact) mass is 255 g/mol. The molecule has 1 aromatic rings. The van der Waals surface area contributed by atoms with Gasteiger partial charge in [0.1, 0.15) is 0 Å². The third-order valence-corrected chi connectivity index (χ3v) is 3.12. The van der Waals surface area contributed by atoms with Gasteiger partial charge in [0.2, 0.25) is 0 Å². The Kier molecular flexibility index (Phi) is 5.20. The summed E-state index contributed by atoms with van der Waals surface area (Å²) in [5, 5.41) is 3.32.